The fourth-order valence-corrected chi connectivity index (χ4v) is 2.55. The highest BCUT2D eigenvalue weighted by Crippen LogP contribution is 2.18. The number of hydrogen-bond donors (Lipinski definition) is 0. The Morgan fingerprint density at radius 3 is 2.72 bits per heavy atom. The molecule has 0 bridgehead atoms. The van der Waals surface area contributed by atoms with Crippen LogP contribution >= 0.6 is 0 Å². The molecule has 1 saturated heterocycles. The van der Waals surface area contributed by atoms with Crippen LogP contribution in [-0.4, -0.2) is 43.0 Å². The van der Waals surface area contributed by atoms with E-state index in [1.54, 1.807) is 0 Å². The first kappa shape index (κ1) is 13.2. The average Bonchev–Trinajstić information content (AvgIpc) is 2.94. The van der Waals surface area contributed by atoms with E-state index in [4.69, 9.17) is 4.74 Å². The van der Waals surface area contributed by atoms with E-state index in [1.807, 2.05) is 37.4 Å². The smallest absolute Gasteiger partial charge is 0.179 e. The molecule has 18 heavy (non-hydrogen) atoms. The van der Waals surface area contributed by atoms with Crippen molar-refractivity contribution in [3.05, 3.63) is 35.9 Å². The standard InChI is InChI=1S/C15H21NO2/c1-3-14(16(2)13-9-10-18-11-13)15(17)12-7-5-4-6-8-12/h4-8,13-14H,3,9-11H2,1-2H3. The van der Waals surface area contributed by atoms with Crippen molar-refractivity contribution in [2.75, 3.05) is 20.3 Å². The van der Waals surface area contributed by atoms with Gasteiger partial charge in [0.1, 0.15) is 0 Å². The summed E-state index contributed by atoms with van der Waals surface area (Å²) in [7, 11) is 2.04. The lowest BCUT2D eigenvalue weighted by molar-refractivity contribution is 0.0762. The summed E-state index contributed by atoms with van der Waals surface area (Å²) in [6.45, 7) is 3.62. The second-order valence-corrected chi connectivity index (χ2v) is 4.84. The SMILES string of the molecule is CCC(C(=O)c1ccccc1)N(C)C1CCOC1. The molecule has 0 N–H and O–H groups in total. The van der Waals surface area contributed by atoms with Crippen molar-refractivity contribution in [2.24, 2.45) is 0 Å². The Labute approximate surface area is 109 Å². The number of carbonyl (C=O) groups excluding carboxylic acids is 1. The molecule has 0 radical (unpaired) electrons. The van der Waals surface area contributed by atoms with Crippen molar-refractivity contribution < 1.29 is 9.53 Å². The molecule has 1 aromatic carbocycles. The van der Waals surface area contributed by atoms with E-state index < -0.39 is 0 Å². The van der Waals surface area contributed by atoms with Gasteiger partial charge in [0.25, 0.3) is 0 Å². The highest BCUT2D eigenvalue weighted by Gasteiger charge is 2.29. The van der Waals surface area contributed by atoms with Gasteiger partial charge < -0.3 is 4.74 Å². The van der Waals surface area contributed by atoms with Crippen LogP contribution < -0.4 is 0 Å². The number of carbonyl (C=O) groups is 1. The van der Waals surface area contributed by atoms with E-state index in [2.05, 4.69) is 11.8 Å². The third-order valence-electron chi connectivity index (χ3n) is 3.72. The van der Waals surface area contributed by atoms with E-state index in [1.165, 1.54) is 0 Å². The summed E-state index contributed by atoms with van der Waals surface area (Å²) < 4.78 is 5.41. The van der Waals surface area contributed by atoms with Crippen LogP contribution in [0, 0.1) is 0 Å². The Balaban J connectivity index is 2.10. The van der Waals surface area contributed by atoms with Crippen LogP contribution in [0.2, 0.25) is 0 Å². The topological polar surface area (TPSA) is 29.5 Å². The zero-order chi connectivity index (χ0) is 13.0. The molecular weight excluding hydrogens is 226 g/mol. The number of ether oxygens (including phenoxy) is 1. The molecule has 1 aliphatic rings. The van der Waals surface area contributed by atoms with Gasteiger partial charge in [0.05, 0.1) is 12.6 Å². The zero-order valence-electron chi connectivity index (χ0n) is 11.1. The van der Waals surface area contributed by atoms with Crippen molar-refractivity contribution >= 4 is 5.78 Å². The van der Waals surface area contributed by atoms with Crippen LogP contribution in [0.25, 0.3) is 0 Å². The third kappa shape index (κ3) is 2.79. The highest BCUT2D eigenvalue weighted by atomic mass is 16.5. The zero-order valence-corrected chi connectivity index (χ0v) is 11.1. The van der Waals surface area contributed by atoms with Crippen LogP contribution in [0.1, 0.15) is 30.1 Å². The summed E-state index contributed by atoms with van der Waals surface area (Å²) in [5, 5.41) is 0. The third-order valence-corrected chi connectivity index (χ3v) is 3.72. The maximum absolute atomic E-state index is 12.5. The molecule has 0 aromatic heterocycles. The molecule has 0 amide bonds. The minimum absolute atomic E-state index is 0.0425. The van der Waals surface area contributed by atoms with E-state index in [-0.39, 0.29) is 11.8 Å². The normalized spacial score (nSPS) is 21.2. The summed E-state index contributed by atoms with van der Waals surface area (Å²) in [4.78, 5) is 14.7. The fourth-order valence-electron chi connectivity index (χ4n) is 2.55. The van der Waals surface area contributed by atoms with Crippen molar-refractivity contribution in [2.45, 2.75) is 31.8 Å². The fraction of sp³-hybridized carbons (Fsp3) is 0.533. The van der Waals surface area contributed by atoms with Gasteiger partial charge in [-0.1, -0.05) is 37.3 Å². The number of nitrogens with zero attached hydrogens (tertiary/aromatic N) is 1. The van der Waals surface area contributed by atoms with Gasteiger partial charge in [-0.2, -0.15) is 0 Å². The van der Waals surface area contributed by atoms with Gasteiger partial charge in [-0.05, 0) is 19.9 Å². The first-order valence-corrected chi connectivity index (χ1v) is 6.63. The Morgan fingerprint density at radius 2 is 2.17 bits per heavy atom. The van der Waals surface area contributed by atoms with Crippen molar-refractivity contribution in [1.29, 1.82) is 0 Å². The largest absolute Gasteiger partial charge is 0.380 e. The summed E-state index contributed by atoms with van der Waals surface area (Å²) in [5.74, 6) is 0.215. The quantitative estimate of drug-likeness (QED) is 0.748. The molecule has 1 aromatic rings. The van der Waals surface area contributed by atoms with E-state index in [9.17, 15) is 4.79 Å². The highest BCUT2D eigenvalue weighted by molar-refractivity contribution is 6.00. The molecule has 3 heteroatoms. The minimum Gasteiger partial charge on any atom is -0.380 e. The maximum atomic E-state index is 12.5. The van der Waals surface area contributed by atoms with Crippen LogP contribution in [0.5, 0.6) is 0 Å². The maximum Gasteiger partial charge on any atom is 0.179 e. The number of rotatable bonds is 5. The predicted octanol–water partition coefficient (Wildman–Crippen LogP) is 2.37. The Kier molecular flexibility index (Phi) is 4.50. The molecule has 1 heterocycles. The van der Waals surface area contributed by atoms with E-state index in [0.717, 1.165) is 31.6 Å². The Bertz CT molecular complexity index is 385. The van der Waals surface area contributed by atoms with Gasteiger partial charge in [0.15, 0.2) is 5.78 Å². The van der Waals surface area contributed by atoms with Gasteiger partial charge in [-0.25, -0.2) is 0 Å². The van der Waals surface area contributed by atoms with Crippen LogP contribution in [-0.2, 0) is 4.74 Å². The van der Waals surface area contributed by atoms with Gasteiger partial charge in [0, 0.05) is 18.2 Å². The van der Waals surface area contributed by atoms with Crippen molar-refractivity contribution in [3.8, 4) is 0 Å². The van der Waals surface area contributed by atoms with Crippen LogP contribution in [0.15, 0.2) is 30.3 Å². The number of ketones is 1. The van der Waals surface area contributed by atoms with Gasteiger partial charge >= 0.3 is 0 Å². The Morgan fingerprint density at radius 1 is 1.44 bits per heavy atom. The first-order valence-electron chi connectivity index (χ1n) is 6.63. The second-order valence-electron chi connectivity index (χ2n) is 4.84. The van der Waals surface area contributed by atoms with Crippen molar-refractivity contribution in [3.63, 3.8) is 0 Å². The molecular formula is C15H21NO2. The molecule has 2 atom stereocenters. The summed E-state index contributed by atoms with van der Waals surface area (Å²) in [6, 6.07) is 9.89. The molecule has 2 rings (SSSR count). The lowest BCUT2D eigenvalue weighted by Gasteiger charge is -2.30. The molecule has 1 aliphatic heterocycles. The average molecular weight is 247 g/mol. The lowest BCUT2D eigenvalue weighted by atomic mass is 9.99. The first-order chi connectivity index (χ1) is 8.74. The number of benzene rings is 1. The van der Waals surface area contributed by atoms with Crippen LogP contribution in [0.3, 0.4) is 0 Å². The van der Waals surface area contributed by atoms with Gasteiger partial charge in [-0.15, -0.1) is 0 Å². The van der Waals surface area contributed by atoms with Gasteiger partial charge in [0.2, 0.25) is 0 Å². The number of likely N-dealkylation sites (N-methyl/N-ethyl adjacent to an activating group) is 1. The van der Waals surface area contributed by atoms with Crippen molar-refractivity contribution in [1.82, 2.24) is 4.90 Å². The van der Waals surface area contributed by atoms with E-state index in [0.29, 0.717) is 6.04 Å². The second kappa shape index (κ2) is 6.12. The minimum atomic E-state index is -0.0425. The molecule has 98 valence electrons. The molecule has 2 unspecified atom stereocenters. The summed E-state index contributed by atoms with van der Waals surface area (Å²) in [5.41, 5.74) is 0.801. The molecule has 3 nitrogen and oxygen atoms in total. The van der Waals surface area contributed by atoms with Crippen LogP contribution in [0.4, 0.5) is 0 Å². The monoisotopic (exact) mass is 247 g/mol. The van der Waals surface area contributed by atoms with Gasteiger partial charge in [-0.3, -0.25) is 9.69 Å². The Hall–Kier alpha value is -1.19. The lowest BCUT2D eigenvalue weighted by Crippen LogP contribution is -2.44. The molecule has 0 spiro atoms. The van der Waals surface area contributed by atoms with E-state index >= 15 is 0 Å². The molecule has 0 saturated carbocycles. The molecule has 1 fully saturated rings. The summed E-state index contributed by atoms with van der Waals surface area (Å²) >= 11 is 0. The molecule has 0 aliphatic carbocycles. The number of Topliss-reactive ketones (excluding diaryl/α,β-unsaturated/α-hetero) is 1. The number of hydrogen-bond acceptors (Lipinski definition) is 3. The summed E-state index contributed by atoms with van der Waals surface area (Å²) in [6.07, 6.45) is 1.86. The predicted molar refractivity (Wildman–Crippen MR) is 71.8 cm³/mol.